The number of rotatable bonds is 7. The van der Waals surface area contributed by atoms with Gasteiger partial charge in [-0.2, -0.15) is 0 Å². The predicted octanol–water partition coefficient (Wildman–Crippen LogP) is 2.92. The molecule has 0 radical (unpaired) electrons. The first kappa shape index (κ1) is 21.3. The number of nitrogens with zero attached hydrogens (tertiary/aromatic N) is 5. The second kappa shape index (κ2) is 9.03. The number of pyridine rings is 1. The van der Waals surface area contributed by atoms with Gasteiger partial charge in [-0.3, -0.25) is 18.9 Å². The first-order valence-corrected chi connectivity index (χ1v) is 11.2. The molecule has 3 aromatic heterocycles. The number of thiocarbonyl (C=S) groups is 1. The molecule has 0 saturated carbocycles. The summed E-state index contributed by atoms with van der Waals surface area (Å²) in [6, 6.07) is 3.73. The summed E-state index contributed by atoms with van der Waals surface area (Å²) >= 11 is 6.51. The Hall–Kier alpha value is -2.98. The van der Waals surface area contributed by atoms with E-state index in [0.29, 0.717) is 39.3 Å². The van der Waals surface area contributed by atoms with Gasteiger partial charge in [0.1, 0.15) is 15.8 Å². The maximum Gasteiger partial charge on any atom is 0.267 e. The van der Waals surface area contributed by atoms with Crippen molar-refractivity contribution in [3.05, 3.63) is 63.4 Å². The molecule has 160 valence electrons. The fourth-order valence-electron chi connectivity index (χ4n) is 3.31. The molecule has 0 aromatic carbocycles. The van der Waals surface area contributed by atoms with Crippen LogP contribution in [-0.4, -0.2) is 47.2 Å². The Kier molecular flexibility index (Phi) is 6.19. The molecule has 1 saturated heterocycles. The van der Waals surface area contributed by atoms with E-state index >= 15 is 0 Å². The highest BCUT2D eigenvalue weighted by Gasteiger charge is 2.31. The summed E-state index contributed by atoms with van der Waals surface area (Å²) in [7, 11) is 0. The van der Waals surface area contributed by atoms with E-state index in [1.165, 1.54) is 21.1 Å². The van der Waals surface area contributed by atoms with Crippen molar-refractivity contribution >= 4 is 51.7 Å². The zero-order chi connectivity index (χ0) is 22.0. The van der Waals surface area contributed by atoms with Crippen LogP contribution in [0, 0.1) is 6.92 Å². The number of imidazole rings is 1. The quantitative estimate of drug-likeness (QED) is 0.334. The molecule has 10 heteroatoms. The van der Waals surface area contributed by atoms with Gasteiger partial charge in [0.15, 0.2) is 0 Å². The lowest BCUT2D eigenvalue weighted by Crippen LogP contribution is -2.27. The van der Waals surface area contributed by atoms with Gasteiger partial charge >= 0.3 is 0 Å². The number of fused-ring (bicyclic) bond motifs is 1. The van der Waals surface area contributed by atoms with Crippen LogP contribution in [0.5, 0.6) is 0 Å². The molecule has 1 aliphatic rings. The van der Waals surface area contributed by atoms with E-state index < -0.39 is 0 Å². The van der Waals surface area contributed by atoms with Gasteiger partial charge in [0, 0.05) is 38.2 Å². The lowest BCUT2D eigenvalue weighted by molar-refractivity contribution is -0.121. The van der Waals surface area contributed by atoms with Gasteiger partial charge in [-0.25, -0.2) is 9.97 Å². The molecule has 1 N–H and O–H groups in total. The van der Waals surface area contributed by atoms with Crippen LogP contribution in [0.3, 0.4) is 0 Å². The zero-order valence-electron chi connectivity index (χ0n) is 17.2. The second-order valence-corrected chi connectivity index (χ2v) is 8.80. The van der Waals surface area contributed by atoms with Gasteiger partial charge in [-0.05, 0) is 38.0 Å². The average molecular weight is 455 g/mol. The fourth-order valence-corrected chi connectivity index (χ4v) is 4.68. The monoisotopic (exact) mass is 454 g/mol. The Morgan fingerprint density at radius 3 is 2.84 bits per heavy atom. The number of anilines is 1. The predicted molar refractivity (Wildman–Crippen MR) is 127 cm³/mol. The third-order valence-electron chi connectivity index (χ3n) is 4.92. The standard InChI is InChI=1S/C21H22N6O2S2/c1-3-26-20(29)16(31-21(26)30)11-15-18(23-7-4-9-25-10-8-22-13-25)24-17-6-5-14(2)12-27(17)19(15)28/h5-6,8,10-13,23H,3-4,7,9H2,1-2H3. The van der Waals surface area contributed by atoms with Crippen molar-refractivity contribution in [2.75, 3.05) is 18.4 Å². The van der Waals surface area contributed by atoms with Crippen LogP contribution in [0.4, 0.5) is 5.82 Å². The number of amides is 1. The molecule has 0 aliphatic carbocycles. The van der Waals surface area contributed by atoms with E-state index in [0.717, 1.165) is 18.5 Å². The van der Waals surface area contributed by atoms with Crippen LogP contribution in [-0.2, 0) is 11.3 Å². The van der Waals surface area contributed by atoms with Crippen molar-refractivity contribution < 1.29 is 4.79 Å². The van der Waals surface area contributed by atoms with Crippen LogP contribution in [0.1, 0.15) is 24.5 Å². The number of aromatic nitrogens is 4. The summed E-state index contributed by atoms with van der Waals surface area (Å²) in [6.07, 6.45) is 9.60. The van der Waals surface area contributed by atoms with Gasteiger partial charge in [-0.15, -0.1) is 0 Å². The average Bonchev–Trinajstić information content (AvgIpc) is 3.36. The van der Waals surface area contributed by atoms with Crippen LogP contribution in [0.15, 0.2) is 46.8 Å². The molecule has 1 amide bonds. The molecule has 1 aliphatic heterocycles. The highest BCUT2D eigenvalue weighted by atomic mass is 32.2. The van der Waals surface area contributed by atoms with Crippen molar-refractivity contribution in [2.24, 2.45) is 0 Å². The Morgan fingerprint density at radius 2 is 2.13 bits per heavy atom. The second-order valence-electron chi connectivity index (χ2n) is 7.12. The lowest BCUT2D eigenvalue weighted by Gasteiger charge is -2.12. The summed E-state index contributed by atoms with van der Waals surface area (Å²) in [5.41, 5.74) is 1.61. The molecule has 0 spiro atoms. The number of hydrogen-bond donors (Lipinski definition) is 1. The van der Waals surface area contributed by atoms with Crippen LogP contribution < -0.4 is 10.9 Å². The highest BCUT2D eigenvalue weighted by Crippen LogP contribution is 2.32. The lowest BCUT2D eigenvalue weighted by atomic mass is 10.2. The normalized spacial score (nSPS) is 15.4. The topological polar surface area (TPSA) is 84.5 Å². The molecule has 3 aromatic rings. The molecular formula is C21H22N6O2S2. The first-order valence-electron chi connectivity index (χ1n) is 9.96. The van der Waals surface area contributed by atoms with Gasteiger partial charge in [0.25, 0.3) is 11.5 Å². The minimum atomic E-state index is -0.229. The first-order chi connectivity index (χ1) is 15.0. The zero-order valence-corrected chi connectivity index (χ0v) is 18.9. The third-order valence-corrected chi connectivity index (χ3v) is 6.29. The summed E-state index contributed by atoms with van der Waals surface area (Å²) < 4.78 is 4.00. The summed E-state index contributed by atoms with van der Waals surface area (Å²) in [5, 5.41) is 3.28. The highest BCUT2D eigenvalue weighted by molar-refractivity contribution is 8.26. The number of aryl methyl sites for hydroxylation is 2. The molecule has 0 atom stereocenters. The van der Waals surface area contributed by atoms with Gasteiger partial charge in [0.2, 0.25) is 0 Å². The minimum Gasteiger partial charge on any atom is -0.369 e. The molecule has 0 bridgehead atoms. The molecule has 4 heterocycles. The molecule has 0 unspecified atom stereocenters. The summed E-state index contributed by atoms with van der Waals surface area (Å²) in [4.78, 5) is 36.6. The number of nitrogens with one attached hydrogen (secondary N) is 1. The van der Waals surface area contributed by atoms with Gasteiger partial charge in [-0.1, -0.05) is 30.0 Å². The van der Waals surface area contributed by atoms with E-state index in [9.17, 15) is 9.59 Å². The number of thioether (sulfide) groups is 1. The SMILES string of the molecule is CCN1C(=O)C(=Cc2c(NCCCn3ccnc3)nc3ccc(C)cn3c2=O)SC1=S. The maximum atomic E-state index is 13.3. The largest absolute Gasteiger partial charge is 0.369 e. The summed E-state index contributed by atoms with van der Waals surface area (Å²) in [5.74, 6) is 0.276. The number of hydrogen-bond acceptors (Lipinski definition) is 7. The van der Waals surface area contributed by atoms with E-state index in [-0.39, 0.29) is 11.5 Å². The molecule has 1 fully saturated rings. The Morgan fingerprint density at radius 1 is 1.29 bits per heavy atom. The third kappa shape index (κ3) is 4.40. The van der Waals surface area contributed by atoms with Gasteiger partial charge < -0.3 is 9.88 Å². The smallest absolute Gasteiger partial charge is 0.267 e. The van der Waals surface area contributed by atoms with Crippen molar-refractivity contribution in [3.8, 4) is 0 Å². The molecular weight excluding hydrogens is 432 g/mol. The van der Waals surface area contributed by atoms with E-state index in [1.807, 2.05) is 36.7 Å². The minimum absolute atomic E-state index is 0.183. The van der Waals surface area contributed by atoms with Crippen LogP contribution >= 0.6 is 24.0 Å². The van der Waals surface area contributed by atoms with Gasteiger partial charge in [0.05, 0.1) is 16.8 Å². The van der Waals surface area contributed by atoms with Crippen LogP contribution in [0.2, 0.25) is 0 Å². The number of carbonyl (C=O) groups excluding carboxylic acids is 1. The Balaban J connectivity index is 1.69. The van der Waals surface area contributed by atoms with Crippen molar-refractivity contribution in [3.63, 3.8) is 0 Å². The van der Waals surface area contributed by atoms with Crippen LogP contribution in [0.25, 0.3) is 11.7 Å². The molecule has 31 heavy (non-hydrogen) atoms. The van der Waals surface area contributed by atoms with E-state index in [1.54, 1.807) is 24.8 Å². The maximum absolute atomic E-state index is 13.3. The number of carbonyl (C=O) groups is 1. The summed E-state index contributed by atoms with van der Waals surface area (Å²) in [6.45, 7) is 5.69. The number of likely N-dealkylation sites (N-methyl/N-ethyl adjacent to an activating group) is 1. The molecule has 4 rings (SSSR count). The van der Waals surface area contributed by atoms with Crippen molar-refractivity contribution in [2.45, 2.75) is 26.8 Å². The van der Waals surface area contributed by atoms with Crippen molar-refractivity contribution in [1.29, 1.82) is 0 Å². The Labute approximate surface area is 189 Å². The van der Waals surface area contributed by atoms with E-state index in [2.05, 4.69) is 15.3 Å². The van der Waals surface area contributed by atoms with E-state index in [4.69, 9.17) is 12.2 Å². The van der Waals surface area contributed by atoms with Crippen molar-refractivity contribution in [1.82, 2.24) is 23.8 Å². The fraction of sp³-hybridized carbons (Fsp3) is 0.286. The Bertz CT molecular complexity index is 1230. The molecule has 8 nitrogen and oxygen atoms in total.